The van der Waals surface area contributed by atoms with E-state index in [2.05, 4.69) is 0 Å². The van der Waals surface area contributed by atoms with Crippen molar-refractivity contribution in [3.05, 3.63) is 0 Å². The number of aliphatic carboxylic acids is 1. The quantitative estimate of drug-likeness (QED) is 0.787. The molecule has 0 aromatic heterocycles. The highest BCUT2D eigenvalue weighted by atomic mass is 32.2. The number of rotatable bonds is 6. The summed E-state index contributed by atoms with van der Waals surface area (Å²) in [6, 6.07) is -0.265. The van der Waals surface area contributed by atoms with E-state index in [0.29, 0.717) is 12.8 Å². The molecule has 0 saturated carbocycles. The van der Waals surface area contributed by atoms with Crippen LogP contribution in [-0.2, 0) is 19.6 Å². The Morgan fingerprint density at radius 3 is 2.58 bits per heavy atom. The molecule has 0 aliphatic carbocycles. The zero-order valence-electron chi connectivity index (χ0n) is 11.7. The highest BCUT2D eigenvalue weighted by molar-refractivity contribution is 7.89. The molecular weight excluding hydrogens is 270 g/mol. The van der Waals surface area contributed by atoms with Crippen molar-refractivity contribution in [1.82, 2.24) is 4.31 Å². The molecule has 2 unspecified atom stereocenters. The van der Waals surface area contributed by atoms with E-state index >= 15 is 0 Å². The molecule has 7 heteroatoms. The summed E-state index contributed by atoms with van der Waals surface area (Å²) >= 11 is 0. The van der Waals surface area contributed by atoms with Crippen molar-refractivity contribution in [1.29, 1.82) is 0 Å². The number of hydrogen-bond acceptors (Lipinski definition) is 4. The van der Waals surface area contributed by atoms with Crippen LogP contribution in [0, 0.1) is 5.92 Å². The molecule has 1 aliphatic heterocycles. The zero-order chi connectivity index (χ0) is 14.6. The highest BCUT2D eigenvalue weighted by Gasteiger charge is 2.35. The van der Waals surface area contributed by atoms with E-state index in [-0.39, 0.29) is 31.1 Å². The summed E-state index contributed by atoms with van der Waals surface area (Å²) in [5, 5.41) is 8.96. The van der Waals surface area contributed by atoms with E-state index in [0.717, 1.165) is 0 Å². The highest BCUT2D eigenvalue weighted by Crippen LogP contribution is 2.25. The van der Waals surface area contributed by atoms with Gasteiger partial charge in [-0.05, 0) is 33.6 Å². The van der Waals surface area contributed by atoms with Crippen LogP contribution in [0.15, 0.2) is 0 Å². The molecular formula is C12H23NO5S. The van der Waals surface area contributed by atoms with Crippen molar-refractivity contribution in [3.63, 3.8) is 0 Å². The molecule has 1 heterocycles. The van der Waals surface area contributed by atoms with Crippen LogP contribution in [-0.4, -0.2) is 54.8 Å². The van der Waals surface area contributed by atoms with Gasteiger partial charge in [0, 0.05) is 12.6 Å². The SMILES string of the molecule is CC(C)OCCS(=O)(=O)N1CCC(C(=O)O)CC1C. The van der Waals surface area contributed by atoms with Gasteiger partial charge >= 0.3 is 5.97 Å². The molecule has 0 aromatic carbocycles. The topological polar surface area (TPSA) is 83.9 Å². The summed E-state index contributed by atoms with van der Waals surface area (Å²) in [4.78, 5) is 10.9. The summed E-state index contributed by atoms with van der Waals surface area (Å²) in [6.07, 6.45) is 0.758. The predicted octanol–water partition coefficient (Wildman–Crippen LogP) is 0.926. The number of nitrogens with zero attached hydrogens (tertiary/aromatic N) is 1. The molecule has 19 heavy (non-hydrogen) atoms. The van der Waals surface area contributed by atoms with Crippen LogP contribution in [0.1, 0.15) is 33.6 Å². The molecule has 1 aliphatic rings. The maximum Gasteiger partial charge on any atom is 0.306 e. The first-order valence-corrected chi connectivity index (χ1v) is 8.19. The normalized spacial score (nSPS) is 25.7. The molecule has 0 amide bonds. The Morgan fingerprint density at radius 2 is 2.11 bits per heavy atom. The van der Waals surface area contributed by atoms with Gasteiger partial charge < -0.3 is 9.84 Å². The van der Waals surface area contributed by atoms with Crippen LogP contribution in [0.3, 0.4) is 0 Å². The van der Waals surface area contributed by atoms with Gasteiger partial charge in [0.05, 0.1) is 24.4 Å². The fourth-order valence-electron chi connectivity index (χ4n) is 2.29. The Kier molecular flexibility index (Phi) is 5.76. The Labute approximate surface area is 114 Å². The molecule has 0 spiro atoms. The third-order valence-corrected chi connectivity index (χ3v) is 5.25. The second-order valence-corrected chi connectivity index (χ2v) is 7.30. The Balaban J connectivity index is 2.57. The summed E-state index contributed by atoms with van der Waals surface area (Å²) in [7, 11) is -3.36. The van der Waals surface area contributed by atoms with Gasteiger partial charge in [0.1, 0.15) is 0 Å². The summed E-state index contributed by atoms with van der Waals surface area (Å²) in [5.41, 5.74) is 0. The van der Waals surface area contributed by atoms with E-state index in [9.17, 15) is 13.2 Å². The molecule has 112 valence electrons. The zero-order valence-corrected chi connectivity index (χ0v) is 12.5. The third kappa shape index (κ3) is 4.74. The largest absolute Gasteiger partial charge is 0.481 e. The van der Waals surface area contributed by atoms with Crippen LogP contribution in [0.25, 0.3) is 0 Å². The molecule has 1 rings (SSSR count). The number of ether oxygens (including phenoxy) is 1. The van der Waals surface area contributed by atoms with E-state index in [1.165, 1.54) is 4.31 Å². The Morgan fingerprint density at radius 1 is 1.47 bits per heavy atom. The molecule has 1 saturated heterocycles. The first-order chi connectivity index (χ1) is 8.74. The van der Waals surface area contributed by atoms with Crippen LogP contribution in [0.2, 0.25) is 0 Å². The first kappa shape index (κ1) is 16.4. The minimum Gasteiger partial charge on any atom is -0.481 e. The standard InChI is InChI=1S/C12H23NO5S/c1-9(2)18-6-7-19(16,17)13-5-4-11(12(14)15)8-10(13)3/h9-11H,4-8H2,1-3H3,(H,14,15). The molecule has 1 fully saturated rings. The van der Waals surface area contributed by atoms with E-state index in [1.54, 1.807) is 6.92 Å². The lowest BCUT2D eigenvalue weighted by atomic mass is 9.93. The molecule has 0 radical (unpaired) electrons. The van der Waals surface area contributed by atoms with Gasteiger partial charge in [0.15, 0.2) is 0 Å². The second-order valence-electron chi connectivity index (χ2n) is 5.25. The van der Waals surface area contributed by atoms with Crippen molar-refractivity contribution >= 4 is 16.0 Å². The second kappa shape index (κ2) is 6.67. The van der Waals surface area contributed by atoms with E-state index < -0.39 is 21.9 Å². The number of carboxylic acids is 1. The van der Waals surface area contributed by atoms with Crippen molar-refractivity contribution in [2.24, 2.45) is 5.92 Å². The van der Waals surface area contributed by atoms with Gasteiger partial charge in [-0.1, -0.05) is 0 Å². The summed E-state index contributed by atoms with van der Waals surface area (Å²) in [6.45, 7) is 5.92. The fourth-order valence-corrected chi connectivity index (χ4v) is 3.85. The Hall–Kier alpha value is -0.660. The lowest BCUT2D eigenvalue weighted by Crippen LogP contribution is -2.47. The van der Waals surface area contributed by atoms with Gasteiger partial charge in [0.25, 0.3) is 0 Å². The minimum atomic E-state index is -3.36. The van der Waals surface area contributed by atoms with Gasteiger partial charge in [-0.25, -0.2) is 8.42 Å². The number of hydrogen-bond donors (Lipinski definition) is 1. The molecule has 0 bridgehead atoms. The van der Waals surface area contributed by atoms with Crippen molar-refractivity contribution in [2.75, 3.05) is 18.9 Å². The van der Waals surface area contributed by atoms with Gasteiger partial charge in [-0.15, -0.1) is 0 Å². The fraction of sp³-hybridized carbons (Fsp3) is 0.917. The van der Waals surface area contributed by atoms with Gasteiger partial charge in [-0.2, -0.15) is 4.31 Å². The maximum absolute atomic E-state index is 12.2. The van der Waals surface area contributed by atoms with Crippen LogP contribution >= 0.6 is 0 Å². The molecule has 1 N–H and O–H groups in total. The number of sulfonamides is 1. The lowest BCUT2D eigenvalue weighted by molar-refractivity contribution is -0.143. The Bertz CT molecular complexity index is 406. The molecule has 2 atom stereocenters. The van der Waals surface area contributed by atoms with Crippen molar-refractivity contribution < 1.29 is 23.1 Å². The number of piperidine rings is 1. The number of carboxylic acid groups (broad SMARTS) is 1. The predicted molar refractivity (Wildman–Crippen MR) is 71.4 cm³/mol. The van der Waals surface area contributed by atoms with E-state index in [4.69, 9.17) is 9.84 Å². The van der Waals surface area contributed by atoms with Crippen molar-refractivity contribution in [2.45, 2.75) is 45.8 Å². The van der Waals surface area contributed by atoms with E-state index in [1.807, 2.05) is 13.8 Å². The lowest BCUT2D eigenvalue weighted by Gasteiger charge is -2.35. The third-order valence-electron chi connectivity index (χ3n) is 3.31. The smallest absolute Gasteiger partial charge is 0.306 e. The van der Waals surface area contributed by atoms with Crippen LogP contribution in [0.4, 0.5) is 0 Å². The summed E-state index contributed by atoms with van der Waals surface area (Å²) in [5.74, 6) is -1.33. The monoisotopic (exact) mass is 293 g/mol. The van der Waals surface area contributed by atoms with Crippen molar-refractivity contribution in [3.8, 4) is 0 Å². The molecule has 6 nitrogen and oxygen atoms in total. The molecule has 0 aromatic rings. The number of carbonyl (C=O) groups is 1. The average Bonchev–Trinajstić information content (AvgIpc) is 2.27. The first-order valence-electron chi connectivity index (χ1n) is 6.58. The summed E-state index contributed by atoms with van der Waals surface area (Å²) < 4.78 is 31.0. The minimum absolute atomic E-state index is 0.00497. The van der Waals surface area contributed by atoms with Gasteiger partial charge in [-0.3, -0.25) is 4.79 Å². The maximum atomic E-state index is 12.2. The average molecular weight is 293 g/mol. The van der Waals surface area contributed by atoms with Crippen LogP contribution in [0.5, 0.6) is 0 Å². The van der Waals surface area contributed by atoms with Gasteiger partial charge in [0.2, 0.25) is 10.0 Å². The van der Waals surface area contributed by atoms with Crippen LogP contribution < -0.4 is 0 Å².